The van der Waals surface area contributed by atoms with Crippen molar-refractivity contribution in [1.29, 1.82) is 0 Å². The molecule has 0 saturated heterocycles. The van der Waals surface area contributed by atoms with E-state index in [0.29, 0.717) is 0 Å². The summed E-state index contributed by atoms with van der Waals surface area (Å²) < 4.78 is 2.74. The number of rotatable bonds is 28. The van der Waals surface area contributed by atoms with Gasteiger partial charge in [0.15, 0.2) is 0 Å². The van der Waals surface area contributed by atoms with Gasteiger partial charge in [0.05, 0.1) is 7.57 Å². The lowest BCUT2D eigenvalue weighted by molar-refractivity contribution is 0.616. The van der Waals surface area contributed by atoms with Gasteiger partial charge in [-0.3, -0.25) is 0 Å². The molecule has 0 unspecified atom stereocenters. The van der Waals surface area contributed by atoms with Crippen molar-refractivity contribution >= 4 is 91.4 Å². The van der Waals surface area contributed by atoms with E-state index >= 15 is 0 Å². The third-order valence-corrected chi connectivity index (χ3v) is 27.2. The van der Waals surface area contributed by atoms with E-state index in [0.717, 1.165) is 0 Å². The smallest absolute Gasteiger partial charge is 0.121 e. The lowest BCUT2D eigenvalue weighted by Gasteiger charge is -2.32. The highest BCUT2D eigenvalue weighted by atomic mass is 79.9. The van der Waals surface area contributed by atoms with Crippen LogP contribution in [0.15, 0.2) is 31.8 Å². The molecule has 0 aliphatic carbocycles. The number of halogens is 2. The lowest BCUT2D eigenvalue weighted by atomic mass is 10.1. The van der Waals surface area contributed by atoms with Crippen molar-refractivity contribution in [3.63, 3.8) is 0 Å². The first-order chi connectivity index (χ1) is 25.5. The van der Waals surface area contributed by atoms with E-state index in [1.54, 1.807) is 20.9 Å². The average Bonchev–Trinajstić information content (AvgIpc) is 3.85. The molecule has 0 radical (unpaired) electrons. The van der Waals surface area contributed by atoms with Crippen molar-refractivity contribution in [2.24, 2.45) is 0 Å². The molecule has 52 heavy (non-hydrogen) atoms. The minimum absolute atomic E-state index is 1.34. The highest BCUT2D eigenvalue weighted by Crippen LogP contribution is 2.46. The van der Waals surface area contributed by atoms with Gasteiger partial charge in [0.1, 0.15) is 16.1 Å². The van der Waals surface area contributed by atoms with Crippen LogP contribution in [0, 0.1) is 0 Å². The normalized spacial score (nSPS) is 14.9. The molecule has 290 valence electrons. The Hall–Kier alpha value is 0.0138. The minimum atomic E-state index is -1.89. The fourth-order valence-electron chi connectivity index (χ4n) is 10.0. The van der Waals surface area contributed by atoms with Gasteiger partial charge in [-0.1, -0.05) is 194 Å². The molecule has 0 atom stereocenters. The predicted octanol–water partition coefficient (Wildman–Crippen LogP) is 15.9. The summed E-state index contributed by atoms with van der Waals surface area (Å²) in [6.07, 6.45) is 33.7. The van der Waals surface area contributed by atoms with Gasteiger partial charge in [0, 0.05) is 9.75 Å². The number of fused-ring (bicyclic) bond motifs is 6. The molecule has 2 aromatic heterocycles. The second-order valence-electron chi connectivity index (χ2n) is 16.8. The van der Waals surface area contributed by atoms with Gasteiger partial charge in [-0.15, -0.1) is 22.7 Å². The van der Waals surface area contributed by atoms with Gasteiger partial charge < -0.3 is 0 Å². The Balaban J connectivity index is 1.54. The van der Waals surface area contributed by atoms with E-state index in [9.17, 15) is 0 Å². The number of hydrogen-bond donors (Lipinski definition) is 0. The molecule has 0 bridgehead atoms. The van der Waals surface area contributed by atoms with E-state index in [2.05, 4.69) is 106 Å². The molecule has 0 saturated carbocycles. The molecule has 1 aromatic carbocycles. The SMILES string of the molecule is CCCCCCCC[Si]1(CCCCCCCC)c2cc3c(cc2-c2sc(Br)cc21)[Si](CCCCCCCC)(CCCCCCCC)c1cc(Br)sc1-3. The Labute approximate surface area is 347 Å². The molecule has 0 fully saturated rings. The van der Waals surface area contributed by atoms with Crippen LogP contribution in [-0.4, -0.2) is 16.1 Å². The van der Waals surface area contributed by atoms with E-state index < -0.39 is 16.1 Å². The lowest BCUT2D eigenvalue weighted by Crippen LogP contribution is -2.56. The second kappa shape index (κ2) is 22.1. The summed E-state index contributed by atoms with van der Waals surface area (Å²) in [6, 6.07) is 16.9. The Morgan fingerprint density at radius 2 is 0.635 bits per heavy atom. The summed E-state index contributed by atoms with van der Waals surface area (Å²) in [5.74, 6) is 0. The van der Waals surface area contributed by atoms with Gasteiger partial charge in [-0.2, -0.15) is 0 Å². The van der Waals surface area contributed by atoms with Crippen molar-refractivity contribution in [2.75, 3.05) is 0 Å². The Bertz CT molecular complexity index is 1360. The maximum atomic E-state index is 4.06. The average molecular weight is 905 g/mol. The predicted molar refractivity (Wildman–Crippen MR) is 251 cm³/mol. The van der Waals surface area contributed by atoms with Gasteiger partial charge in [-0.05, 0) is 100 Å². The van der Waals surface area contributed by atoms with E-state index in [-0.39, 0.29) is 0 Å². The molecule has 4 heterocycles. The zero-order chi connectivity index (χ0) is 36.8. The highest BCUT2D eigenvalue weighted by Gasteiger charge is 2.51. The first kappa shape index (κ1) is 43.1. The summed E-state index contributed by atoms with van der Waals surface area (Å²) in [5.41, 5.74) is 3.40. The number of thiophene rings is 2. The van der Waals surface area contributed by atoms with Crippen LogP contribution >= 0.6 is 54.5 Å². The molecule has 0 nitrogen and oxygen atoms in total. The summed E-state index contributed by atoms with van der Waals surface area (Å²) in [7, 11) is -3.79. The van der Waals surface area contributed by atoms with Crippen LogP contribution < -0.4 is 20.7 Å². The maximum absolute atomic E-state index is 4.06. The molecule has 0 amide bonds. The molecule has 0 N–H and O–H groups in total. The van der Waals surface area contributed by atoms with E-state index in [1.807, 2.05) is 20.7 Å². The van der Waals surface area contributed by atoms with Crippen molar-refractivity contribution < 1.29 is 0 Å². The van der Waals surface area contributed by atoms with Crippen molar-refractivity contribution in [2.45, 2.75) is 206 Å². The van der Waals surface area contributed by atoms with Gasteiger partial charge >= 0.3 is 0 Å². The third-order valence-electron chi connectivity index (χ3n) is 12.9. The van der Waals surface area contributed by atoms with Gasteiger partial charge in [-0.25, -0.2) is 0 Å². The fourth-order valence-corrected chi connectivity index (χ4v) is 26.3. The topological polar surface area (TPSA) is 0 Å². The van der Waals surface area contributed by atoms with Crippen molar-refractivity contribution in [3.8, 4) is 20.9 Å². The number of unbranched alkanes of at least 4 members (excludes halogenated alkanes) is 20. The van der Waals surface area contributed by atoms with Gasteiger partial charge in [0.25, 0.3) is 0 Å². The first-order valence-corrected chi connectivity index (χ1v) is 30.3. The highest BCUT2D eigenvalue weighted by molar-refractivity contribution is 9.11. The van der Waals surface area contributed by atoms with Gasteiger partial charge in [0.2, 0.25) is 0 Å². The molecular formula is C46H72Br2S2Si2. The van der Waals surface area contributed by atoms with Crippen LogP contribution in [0.4, 0.5) is 0 Å². The summed E-state index contributed by atoms with van der Waals surface area (Å²) in [4.78, 5) is 3.35. The molecular weight excluding hydrogens is 833 g/mol. The Morgan fingerprint density at radius 3 is 0.923 bits per heavy atom. The quantitative estimate of drug-likeness (QED) is 0.0503. The Kier molecular flexibility index (Phi) is 18.3. The maximum Gasteiger partial charge on any atom is 0.121 e. The fraction of sp³-hybridized carbons (Fsp3) is 0.696. The van der Waals surface area contributed by atoms with Crippen LogP contribution in [0.1, 0.15) is 182 Å². The number of benzene rings is 1. The minimum Gasteiger partial charge on any atom is -0.128 e. The van der Waals surface area contributed by atoms with Crippen LogP contribution in [0.2, 0.25) is 24.2 Å². The molecule has 6 heteroatoms. The van der Waals surface area contributed by atoms with Crippen molar-refractivity contribution in [3.05, 3.63) is 31.8 Å². The van der Waals surface area contributed by atoms with Crippen LogP contribution in [0.25, 0.3) is 20.9 Å². The summed E-state index contributed by atoms with van der Waals surface area (Å²) in [5, 5.41) is 7.33. The summed E-state index contributed by atoms with van der Waals surface area (Å²) in [6.45, 7) is 9.40. The second-order valence-corrected chi connectivity index (χ2v) is 30.1. The Morgan fingerprint density at radius 1 is 0.365 bits per heavy atom. The molecule has 0 spiro atoms. The third kappa shape index (κ3) is 10.3. The molecule has 3 aromatic rings. The standard InChI is InChI=1S/C46H72Br2S2Si2/c1-5-9-13-17-21-25-29-51(30-26-22-18-14-10-6-2)39-33-38-40(34-37(39)45-41(51)35-43(47)49-45)52(31-27-23-19-15-11-7-3,32-28-24-20-16-12-8-4)42-36-44(48)50-46(38)42/h33-36H,5-32H2,1-4H3. The zero-order valence-corrected chi connectivity index (χ0v) is 40.5. The first-order valence-electron chi connectivity index (χ1n) is 22.2. The largest absolute Gasteiger partial charge is 0.128 e. The van der Waals surface area contributed by atoms with E-state index in [4.69, 9.17) is 0 Å². The molecule has 2 aliphatic rings. The zero-order valence-electron chi connectivity index (χ0n) is 33.7. The van der Waals surface area contributed by atoms with Crippen LogP contribution in [-0.2, 0) is 0 Å². The molecule has 2 aliphatic heterocycles. The van der Waals surface area contributed by atoms with Crippen LogP contribution in [0.3, 0.4) is 0 Å². The number of hydrogen-bond acceptors (Lipinski definition) is 2. The van der Waals surface area contributed by atoms with Crippen molar-refractivity contribution in [1.82, 2.24) is 0 Å². The van der Waals surface area contributed by atoms with E-state index in [1.165, 1.54) is 186 Å². The molecule has 5 rings (SSSR count). The summed E-state index contributed by atoms with van der Waals surface area (Å²) >= 11 is 12.3. The monoisotopic (exact) mass is 902 g/mol. The van der Waals surface area contributed by atoms with Crippen LogP contribution in [0.5, 0.6) is 0 Å².